The van der Waals surface area contributed by atoms with Gasteiger partial charge in [-0.2, -0.15) is 0 Å². The molecule has 0 fully saturated rings. The van der Waals surface area contributed by atoms with Crippen LogP contribution < -0.4 is 15.0 Å². The molecule has 2 aliphatic rings. The molecule has 0 saturated carbocycles. The smallest absolute Gasteiger partial charge is 0.261 e. The minimum Gasteiger partial charge on any atom is -0.454 e. The number of nitrogens with zero attached hydrogens (tertiary/aromatic N) is 2. The lowest BCUT2D eigenvalue weighted by Crippen LogP contribution is -2.20. The molecule has 0 radical (unpaired) electrons. The van der Waals surface area contributed by atoms with Crippen molar-refractivity contribution in [2.24, 2.45) is 0 Å². The second kappa shape index (κ2) is 5.86. The molecule has 5 rings (SSSR count). The van der Waals surface area contributed by atoms with Gasteiger partial charge in [-0.25, -0.2) is 4.98 Å². The van der Waals surface area contributed by atoms with Gasteiger partial charge in [-0.15, -0.1) is 0 Å². The summed E-state index contributed by atoms with van der Waals surface area (Å²) >= 11 is 9.64. The van der Waals surface area contributed by atoms with E-state index in [1.807, 2.05) is 18.2 Å². The van der Waals surface area contributed by atoms with Crippen LogP contribution >= 0.6 is 27.5 Å². The summed E-state index contributed by atoms with van der Waals surface area (Å²) in [5.41, 5.74) is 2.54. The summed E-state index contributed by atoms with van der Waals surface area (Å²) in [7, 11) is 0. The minimum atomic E-state index is -0.0326. The summed E-state index contributed by atoms with van der Waals surface area (Å²) in [6, 6.07) is 9.00. The van der Waals surface area contributed by atoms with Gasteiger partial charge < -0.3 is 9.47 Å². The largest absolute Gasteiger partial charge is 0.454 e. The zero-order valence-corrected chi connectivity index (χ0v) is 15.8. The van der Waals surface area contributed by atoms with Crippen molar-refractivity contribution < 1.29 is 9.47 Å². The molecule has 0 atom stereocenters. The molecule has 0 saturated heterocycles. The molecule has 7 heteroatoms. The highest BCUT2D eigenvalue weighted by atomic mass is 79.9. The number of hydrogen-bond donors (Lipinski definition) is 0. The van der Waals surface area contributed by atoms with Crippen molar-refractivity contribution in [2.45, 2.75) is 13.0 Å². The molecule has 1 aromatic heterocycles. The molecule has 5 nitrogen and oxygen atoms in total. The SMILES string of the molecule is O=c1c2ccc(Cl)cc2nc2n1CCC2=Cc1cc2c(cc1Br)OCO2. The summed E-state index contributed by atoms with van der Waals surface area (Å²) in [5, 5.41) is 1.15. The number of fused-ring (bicyclic) bond motifs is 3. The molecule has 26 heavy (non-hydrogen) atoms. The van der Waals surface area contributed by atoms with Crippen molar-refractivity contribution in [3.63, 3.8) is 0 Å². The molecule has 0 bridgehead atoms. The monoisotopic (exact) mass is 430 g/mol. The molecule has 3 heterocycles. The number of rotatable bonds is 1. The van der Waals surface area contributed by atoms with Crippen LogP contribution in [0.2, 0.25) is 5.02 Å². The van der Waals surface area contributed by atoms with Gasteiger partial charge in [0.25, 0.3) is 5.56 Å². The van der Waals surface area contributed by atoms with E-state index in [0.717, 1.165) is 27.8 Å². The second-order valence-corrected chi connectivity index (χ2v) is 7.49. The van der Waals surface area contributed by atoms with Crippen LogP contribution in [0, 0.1) is 0 Å². The van der Waals surface area contributed by atoms with E-state index in [1.165, 1.54) is 0 Å². The van der Waals surface area contributed by atoms with E-state index in [0.29, 0.717) is 34.0 Å². The lowest BCUT2D eigenvalue weighted by atomic mass is 10.1. The van der Waals surface area contributed by atoms with E-state index in [9.17, 15) is 4.79 Å². The first kappa shape index (κ1) is 15.9. The maximum absolute atomic E-state index is 12.8. The first-order valence-electron chi connectivity index (χ1n) is 8.10. The Morgan fingerprint density at radius 2 is 2.00 bits per heavy atom. The van der Waals surface area contributed by atoms with Gasteiger partial charge in [0, 0.05) is 16.0 Å². The molecule has 0 unspecified atom stereocenters. The lowest BCUT2D eigenvalue weighted by Gasteiger charge is -2.07. The minimum absolute atomic E-state index is 0.0326. The van der Waals surface area contributed by atoms with Crippen molar-refractivity contribution in [2.75, 3.05) is 6.79 Å². The van der Waals surface area contributed by atoms with E-state index < -0.39 is 0 Å². The molecule has 2 aromatic carbocycles. The summed E-state index contributed by atoms with van der Waals surface area (Å²) < 4.78 is 13.5. The van der Waals surface area contributed by atoms with E-state index in [1.54, 1.807) is 22.8 Å². The molecule has 0 N–H and O–H groups in total. The van der Waals surface area contributed by atoms with Crippen molar-refractivity contribution >= 4 is 50.1 Å². The topological polar surface area (TPSA) is 53.4 Å². The van der Waals surface area contributed by atoms with Crippen LogP contribution in [-0.2, 0) is 6.54 Å². The van der Waals surface area contributed by atoms with Crippen LogP contribution in [0.4, 0.5) is 0 Å². The van der Waals surface area contributed by atoms with Gasteiger partial charge in [-0.05, 0) is 54.0 Å². The summed E-state index contributed by atoms with van der Waals surface area (Å²) in [6.45, 7) is 0.849. The standard InChI is InChI=1S/C19H12BrClN2O3/c20-14-8-17-16(25-9-26-17)6-11(14)5-10-3-4-23-18(10)22-15-7-12(21)1-2-13(15)19(23)24/h1-2,5-8H,3-4,9H2. The van der Waals surface area contributed by atoms with Crippen LogP contribution in [0.15, 0.2) is 39.6 Å². The Bertz CT molecular complexity index is 1170. The molecule has 0 amide bonds. The Morgan fingerprint density at radius 1 is 1.19 bits per heavy atom. The van der Waals surface area contributed by atoms with Gasteiger partial charge in [0.2, 0.25) is 6.79 Å². The third-order valence-corrected chi connectivity index (χ3v) is 5.55. The Morgan fingerprint density at radius 3 is 2.85 bits per heavy atom. The Labute approximate surface area is 162 Å². The van der Waals surface area contributed by atoms with Gasteiger partial charge in [0.1, 0.15) is 5.82 Å². The third kappa shape index (κ3) is 2.44. The Hall–Kier alpha value is -2.31. The van der Waals surface area contributed by atoms with Gasteiger partial charge in [-0.3, -0.25) is 9.36 Å². The van der Waals surface area contributed by atoms with E-state index in [4.69, 9.17) is 26.1 Å². The van der Waals surface area contributed by atoms with Gasteiger partial charge in [0.15, 0.2) is 11.5 Å². The van der Waals surface area contributed by atoms with Crippen molar-refractivity contribution in [3.8, 4) is 11.5 Å². The number of ether oxygens (including phenoxy) is 2. The summed E-state index contributed by atoms with van der Waals surface area (Å²) in [6.07, 6.45) is 2.78. The number of halogens is 2. The van der Waals surface area contributed by atoms with Gasteiger partial charge in [0.05, 0.1) is 10.9 Å². The molecule has 2 aliphatic heterocycles. The fourth-order valence-electron chi connectivity index (χ4n) is 3.36. The predicted molar refractivity (Wildman–Crippen MR) is 104 cm³/mol. The average Bonchev–Trinajstić information content (AvgIpc) is 3.22. The zero-order chi connectivity index (χ0) is 17.8. The van der Waals surface area contributed by atoms with Crippen LogP contribution in [0.1, 0.15) is 17.8 Å². The molecule has 3 aromatic rings. The molecule has 0 aliphatic carbocycles. The van der Waals surface area contributed by atoms with Crippen molar-refractivity contribution in [1.29, 1.82) is 0 Å². The van der Waals surface area contributed by atoms with Gasteiger partial charge >= 0.3 is 0 Å². The summed E-state index contributed by atoms with van der Waals surface area (Å²) in [4.78, 5) is 17.5. The highest BCUT2D eigenvalue weighted by Crippen LogP contribution is 2.39. The first-order valence-corrected chi connectivity index (χ1v) is 9.27. The highest BCUT2D eigenvalue weighted by molar-refractivity contribution is 9.10. The van der Waals surface area contributed by atoms with Crippen molar-refractivity contribution in [1.82, 2.24) is 9.55 Å². The van der Waals surface area contributed by atoms with Crippen molar-refractivity contribution in [3.05, 3.63) is 61.6 Å². The molecular weight excluding hydrogens is 420 g/mol. The predicted octanol–water partition coefficient (Wildman–Crippen LogP) is 4.49. The highest BCUT2D eigenvalue weighted by Gasteiger charge is 2.22. The zero-order valence-electron chi connectivity index (χ0n) is 13.5. The number of aromatic nitrogens is 2. The average molecular weight is 432 g/mol. The fraction of sp³-hybridized carbons (Fsp3) is 0.158. The molecule has 0 spiro atoms. The van der Waals surface area contributed by atoms with E-state index in [2.05, 4.69) is 15.9 Å². The lowest BCUT2D eigenvalue weighted by molar-refractivity contribution is 0.174. The first-order chi connectivity index (χ1) is 12.6. The normalized spacial score (nSPS) is 16.5. The van der Waals surface area contributed by atoms with E-state index >= 15 is 0 Å². The van der Waals surface area contributed by atoms with Crippen LogP contribution in [0.5, 0.6) is 11.5 Å². The third-order valence-electron chi connectivity index (χ3n) is 4.63. The van der Waals surface area contributed by atoms with Gasteiger partial charge in [-0.1, -0.05) is 27.5 Å². The second-order valence-electron chi connectivity index (χ2n) is 6.20. The van der Waals surface area contributed by atoms with Crippen LogP contribution in [-0.4, -0.2) is 16.3 Å². The summed E-state index contributed by atoms with van der Waals surface area (Å²) in [5.74, 6) is 2.13. The quantitative estimate of drug-likeness (QED) is 0.570. The fourth-order valence-corrected chi connectivity index (χ4v) is 3.96. The molecule has 130 valence electrons. The Kier molecular flexibility index (Phi) is 3.58. The number of benzene rings is 2. The van der Waals surface area contributed by atoms with Crippen LogP contribution in [0.3, 0.4) is 0 Å². The Balaban J connectivity index is 1.67. The number of allylic oxidation sites excluding steroid dienone is 1. The maximum atomic E-state index is 12.8. The van der Waals surface area contributed by atoms with Crippen LogP contribution in [0.25, 0.3) is 22.6 Å². The number of hydrogen-bond acceptors (Lipinski definition) is 4. The molecular formula is C19H12BrClN2O3. The van der Waals surface area contributed by atoms with E-state index in [-0.39, 0.29) is 12.4 Å². The maximum Gasteiger partial charge on any atom is 0.261 e.